The van der Waals surface area contributed by atoms with Crippen molar-refractivity contribution in [3.63, 3.8) is 0 Å². The van der Waals surface area contributed by atoms with Gasteiger partial charge in [-0.1, -0.05) is 0 Å². The van der Waals surface area contributed by atoms with E-state index in [1.807, 2.05) is 0 Å². The minimum Gasteiger partial charge on any atom is -0.369 e. The van der Waals surface area contributed by atoms with Gasteiger partial charge in [-0.05, 0) is 6.07 Å². The highest BCUT2D eigenvalue weighted by Gasteiger charge is 2.34. The minimum atomic E-state index is -2.63. The van der Waals surface area contributed by atoms with Crippen molar-refractivity contribution in [2.45, 2.75) is 25.3 Å². The molecule has 0 radical (unpaired) electrons. The van der Waals surface area contributed by atoms with Crippen LogP contribution >= 0.6 is 12.4 Å². The first-order chi connectivity index (χ1) is 8.02. The predicted octanol–water partition coefficient (Wildman–Crippen LogP) is 2.34. The summed E-state index contributed by atoms with van der Waals surface area (Å²) in [5.41, 5.74) is 6.29. The Morgan fingerprint density at radius 1 is 1.33 bits per heavy atom. The molecule has 7 heteroatoms. The van der Waals surface area contributed by atoms with Gasteiger partial charge >= 0.3 is 0 Å². The van der Waals surface area contributed by atoms with Gasteiger partial charge in [0.05, 0.1) is 17.6 Å². The summed E-state index contributed by atoms with van der Waals surface area (Å²) in [6.45, 7) is 0.507. The van der Waals surface area contributed by atoms with Crippen LogP contribution < -0.4 is 10.6 Å². The Labute approximate surface area is 110 Å². The van der Waals surface area contributed by atoms with Gasteiger partial charge in [-0.25, -0.2) is 13.2 Å². The Kier molecular flexibility index (Phi) is 4.81. The number of nitrogens with two attached hydrogens (primary N) is 1. The van der Waals surface area contributed by atoms with Crippen molar-refractivity contribution in [2.75, 3.05) is 18.0 Å². The van der Waals surface area contributed by atoms with Crippen LogP contribution in [0.4, 0.5) is 18.9 Å². The van der Waals surface area contributed by atoms with E-state index in [-0.39, 0.29) is 44.9 Å². The van der Waals surface area contributed by atoms with E-state index >= 15 is 0 Å². The van der Waals surface area contributed by atoms with E-state index in [2.05, 4.69) is 4.98 Å². The van der Waals surface area contributed by atoms with Crippen molar-refractivity contribution in [2.24, 2.45) is 5.73 Å². The van der Waals surface area contributed by atoms with Crippen molar-refractivity contribution in [3.05, 3.63) is 23.8 Å². The van der Waals surface area contributed by atoms with Crippen LogP contribution in [-0.2, 0) is 6.54 Å². The number of anilines is 1. The summed E-state index contributed by atoms with van der Waals surface area (Å²) in [7, 11) is 0. The molecule has 0 saturated carbocycles. The van der Waals surface area contributed by atoms with Crippen LogP contribution in [-0.4, -0.2) is 24.0 Å². The van der Waals surface area contributed by atoms with Crippen LogP contribution in [0.5, 0.6) is 0 Å². The third-order valence-electron chi connectivity index (χ3n) is 2.94. The molecule has 0 bridgehead atoms. The summed E-state index contributed by atoms with van der Waals surface area (Å²) in [6.07, 6.45) is 0.601. The Hall–Kier alpha value is -1.01. The number of halogens is 4. The molecule has 2 heterocycles. The van der Waals surface area contributed by atoms with Gasteiger partial charge < -0.3 is 10.6 Å². The van der Waals surface area contributed by atoms with Gasteiger partial charge in [-0.15, -0.1) is 12.4 Å². The van der Waals surface area contributed by atoms with Crippen LogP contribution in [0.1, 0.15) is 18.5 Å². The lowest BCUT2D eigenvalue weighted by Crippen LogP contribution is -2.39. The van der Waals surface area contributed by atoms with Gasteiger partial charge in [0.2, 0.25) is 0 Å². The molecule has 0 amide bonds. The molecule has 0 atom stereocenters. The summed E-state index contributed by atoms with van der Waals surface area (Å²) in [5.74, 6) is -3.12. The topological polar surface area (TPSA) is 42.1 Å². The molecule has 18 heavy (non-hydrogen) atoms. The molecule has 1 aromatic heterocycles. The molecule has 0 aromatic carbocycles. The van der Waals surface area contributed by atoms with Gasteiger partial charge in [-0.3, -0.25) is 4.98 Å². The second-order valence-electron chi connectivity index (χ2n) is 4.17. The SMILES string of the molecule is Cl.NCc1cc(N2CCC(F)(F)CC2)c(F)cn1. The van der Waals surface area contributed by atoms with E-state index in [1.54, 1.807) is 4.90 Å². The second-order valence-corrected chi connectivity index (χ2v) is 4.17. The maximum absolute atomic E-state index is 13.6. The van der Waals surface area contributed by atoms with Crippen molar-refractivity contribution >= 4 is 18.1 Å². The van der Waals surface area contributed by atoms with E-state index in [0.29, 0.717) is 11.4 Å². The lowest BCUT2D eigenvalue weighted by Gasteiger charge is -2.33. The van der Waals surface area contributed by atoms with Crippen LogP contribution in [0.2, 0.25) is 0 Å². The fraction of sp³-hybridized carbons (Fsp3) is 0.545. The normalized spacial score (nSPS) is 18.3. The lowest BCUT2D eigenvalue weighted by molar-refractivity contribution is -0.0221. The van der Waals surface area contributed by atoms with E-state index in [9.17, 15) is 13.2 Å². The number of aromatic nitrogens is 1. The predicted molar refractivity (Wildman–Crippen MR) is 65.7 cm³/mol. The Morgan fingerprint density at radius 3 is 2.50 bits per heavy atom. The highest BCUT2D eigenvalue weighted by molar-refractivity contribution is 5.85. The number of piperidine rings is 1. The molecule has 0 unspecified atom stereocenters. The molecule has 1 aromatic rings. The maximum Gasteiger partial charge on any atom is 0.251 e. The van der Waals surface area contributed by atoms with E-state index in [1.165, 1.54) is 6.07 Å². The second kappa shape index (κ2) is 5.75. The summed E-state index contributed by atoms with van der Waals surface area (Å²) in [6, 6.07) is 1.53. The van der Waals surface area contributed by atoms with Gasteiger partial charge in [0.15, 0.2) is 5.82 Å². The summed E-state index contributed by atoms with van der Waals surface area (Å²) >= 11 is 0. The van der Waals surface area contributed by atoms with Gasteiger partial charge in [0.1, 0.15) is 0 Å². The quantitative estimate of drug-likeness (QED) is 0.905. The van der Waals surface area contributed by atoms with Crippen LogP contribution in [0.15, 0.2) is 12.3 Å². The fourth-order valence-corrected chi connectivity index (χ4v) is 1.90. The van der Waals surface area contributed by atoms with Gasteiger partial charge in [-0.2, -0.15) is 0 Å². The highest BCUT2D eigenvalue weighted by atomic mass is 35.5. The maximum atomic E-state index is 13.6. The van der Waals surface area contributed by atoms with Crippen molar-refractivity contribution in [1.82, 2.24) is 4.98 Å². The molecule has 0 spiro atoms. The van der Waals surface area contributed by atoms with Crippen LogP contribution in [0.25, 0.3) is 0 Å². The minimum absolute atomic E-state index is 0. The third kappa shape index (κ3) is 3.26. The molecule has 3 nitrogen and oxygen atoms in total. The molecule has 0 aliphatic carbocycles. The molecule has 2 rings (SSSR count). The molecule has 102 valence electrons. The average Bonchev–Trinajstić information content (AvgIpc) is 2.30. The van der Waals surface area contributed by atoms with Gasteiger partial charge in [0.25, 0.3) is 5.92 Å². The average molecular weight is 282 g/mol. The molecule has 1 saturated heterocycles. The number of alkyl halides is 2. The monoisotopic (exact) mass is 281 g/mol. The first-order valence-corrected chi connectivity index (χ1v) is 5.49. The van der Waals surface area contributed by atoms with E-state index in [4.69, 9.17) is 5.73 Å². The zero-order valence-electron chi connectivity index (χ0n) is 9.70. The number of pyridine rings is 1. The molecular weight excluding hydrogens is 267 g/mol. The third-order valence-corrected chi connectivity index (χ3v) is 2.94. The van der Waals surface area contributed by atoms with Crippen LogP contribution in [0.3, 0.4) is 0 Å². The molecule has 1 aliphatic rings. The first kappa shape index (κ1) is 15.0. The van der Waals surface area contributed by atoms with Crippen molar-refractivity contribution < 1.29 is 13.2 Å². The number of rotatable bonds is 2. The number of nitrogens with zero attached hydrogens (tertiary/aromatic N) is 2. The highest BCUT2D eigenvalue weighted by Crippen LogP contribution is 2.31. The zero-order valence-corrected chi connectivity index (χ0v) is 10.5. The Morgan fingerprint density at radius 2 is 1.94 bits per heavy atom. The summed E-state index contributed by atoms with van der Waals surface area (Å²) in [4.78, 5) is 5.42. The molecule has 1 aliphatic heterocycles. The first-order valence-electron chi connectivity index (χ1n) is 5.49. The largest absolute Gasteiger partial charge is 0.369 e. The smallest absolute Gasteiger partial charge is 0.251 e. The standard InChI is InChI=1S/C11H14F3N3.ClH/c12-9-7-16-8(6-15)5-10(9)17-3-1-11(13,14)2-4-17;/h5,7H,1-4,6,15H2;1H. The number of hydrogen-bond donors (Lipinski definition) is 1. The number of hydrogen-bond acceptors (Lipinski definition) is 3. The van der Waals surface area contributed by atoms with Crippen LogP contribution in [0, 0.1) is 5.82 Å². The van der Waals surface area contributed by atoms with Gasteiger partial charge in [0, 0.05) is 32.5 Å². The van der Waals surface area contributed by atoms with Crippen molar-refractivity contribution in [1.29, 1.82) is 0 Å². The molecule has 1 fully saturated rings. The summed E-state index contributed by atoms with van der Waals surface area (Å²) in [5, 5.41) is 0. The lowest BCUT2D eigenvalue weighted by atomic mass is 10.1. The fourth-order valence-electron chi connectivity index (χ4n) is 1.90. The zero-order chi connectivity index (χ0) is 12.5. The molecule has 2 N–H and O–H groups in total. The van der Waals surface area contributed by atoms with E-state index < -0.39 is 11.7 Å². The Bertz CT molecular complexity index is 405. The van der Waals surface area contributed by atoms with Crippen molar-refractivity contribution in [3.8, 4) is 0 Å². The summed E-state index contributed by atoms with van der Waals surface area (Å²) < 4.78 is 39.5. The Balaban J connectivity index is 0.00000162. The van der Waals surface area contributed by atoms with E-state index in [0.717, 1.165) is 6.20 Å². The molecular formula is C11H15ClF3N3.